The van der Waals surface area contributed by atoms with Gasteiger partial charge in [-0.2, -0.15) is 0 Å². The molecule has 0 spiro atoms. The molecule has 0 aliphatic carbocycles. The molecule has 2 atom stereocenters. The summed E-state index contributed by atoms with van der Waals surface area (Å²) in [6.07, 6.45) is 2.22. The first kappa shape index (κ1) is 12.8. The van der Waals surface area contributed by atoms with E-state index in [1.165, 1.54) is 13.0 Å². The first-order valence-electron chi connectivity index (χ1n) is 7.16. The molecule has 3 aliphatic rings. The van der Waals surface area contributed by atoms with Crippen LogP contribution in [0.5, 0.6) is 0 Å². The predicted octanol–water partition coefficient (Wildman–Crippen LogP) is -0.192. The van der Waals surface area contributed by atoms with Gasteiger partial charge >= 0.3 is 0 Å². The molecule has 3 fully saturated rings. The molecule has 0 aromatic rings. The molecule has 0 radical (unpaired) electrons. The molecular formula is C13H24N2O3. The van der Waals surface area contributed by atoms with E-state index in [4.69, 9.17) is 14.2 Å². The SMILES string of the molecule is C(CN1CCOCC1)CN(CC1CO1)CC1CO1. The molecule has 0 amide bonds. The Bertz CT molecular complexity index is 237. The van der Waals surface area contributed by atoms with Crippen molar-refractivity contribution in [1.82, 2.24) is 9.80 Å². The number of hydrogen-bond acceptors (Lipinski definition) is 5. The minimum absolute atomic E-state index is 0.493. The van der Waals surface area contributed by atoms with Crippen LogP contribution >= 0.6 is 0 Å². The predicted molar refractivity (Wildman–Crippen MR) is 67.8 cm³/mol. The molecule has 3 heterocycles. The molecule has 5 heteroatoms. The van der Waals surface area contributed by atoms with Gasteiger partial charge in [0.1, 0.15) is 0 Å². The Morgan fingerprint density at radius 2 is 1.61 bits per heavy atom. The summed E-state index contributed by atoms with van der Waals surface area (Å²) in [4.78, 5) is 5.01. The molecule has 3 aliphatic heterocycles. The Morgan fingerprint density at radius 3 is 2.17 bits per heavy atom. The summed E-state index contributed by atoms with van der Waals surface area (Å²) in [5.41, 5.74) is 0. The van der Waals surface area contributed by atoms with Gasteiger partial charge < -0.3 is 14.2 Å². The molecule has 0 saturated carbocycles. The summed E-state index contributed by atoms with van der Waals surface area (Å²) < 4.78 is 16.0. The molecule has 0 aromatic carbocycles. The number of epoxide rings is 2. The average Bonchev–Trinajstić information content (AvgIpc) is 3.26. The van der Waals surface area contributed by atoms with Gasteiger partial charge in [-0.15, -0.1) is 0 Å². The van der Waals surface area contributed by atoms with Crippen molar-refractivity contribution in [3.8, 4) is 0 Å². The van der Waals surface area contributed by atoms with E-state index in [-0.39, 0.29) is 0 Å². The highest BCUT2D eigenvalue weighted by Crippen LogP contribution is 2.16. The molecule has 104 valence electrons. The monoisotopic (exact) mass is 256 g/mol. The number of nitrogens with zero attached hydrogens (tertiary/aromatic N) is 2. The second kappa shape index (κ2) is 6.30. The summed E-state index contributed by atoms with van der Waals surface area (Å²) in [7, 11) is 0. The van der Waals surface area contributed by atoms with E-state index >= 15 is 0 Å². The van der Waals surface area contributed by atoms with Crippen LogP contribution < -0.4 is 0 Å². The molecule has 0 N–H and O–H groups in total. The van der Waals surface area contributed by atoms with Crippen molar-refractivity contribution >= 4 is 0 Å². The summed E-state index contributed by atoms with van der Waals surface area (Å²) >= 11 is 0. The van der Waals surface area contributed by atoms with E-state index in [9.17, 15) is 0 Å². The van der Waals surface area contributed by atoms with E-state index in [0.29, 0.717) is 12.2 Å². The highest BCUT2D eigenvalue weighted by atomic mass is 16.6. The van der Waals surface area contributed by atoms with Crippen molar-refractivity contribution in [1.29, 1.82) is 0 Å². The molecular weight excluding hydrogens is 232 g/mol. The van der Waals surface area contributed by atoms with Crippen LogP contribution in [0, 0.1) is 0 Å². The number of hydrogen-bond donors (Lipinski definition) is 0. The Morgan fingerprint density at radius 1 is 1.00 bits per heavy atom. The van der Waals surface area contributed by atoms with Gasteiger partial charge in [0, 0.05) is 26.2 Å². The third-order valence-electron chi connectivity index (χ3n) is 3.78. The molecule has 0 bridgehead atoms. The lowest BCUT2D eigenvalue weighted by Crippen LogP contribution is -2.39. The fraction of sp³-hybridized carbons (Fsp3) is 1.00. The maximum Gasteiger partial charge on any atom is 0.0936 e. The van der Waals surface area contributed by atoms with Crippen molar-refractivity contribution in [2.75, 3.05) is 65.7 Å². The second-order valence-corrected chi connectivity index (χ2v) is 5.48. The van der Waals surface area contributed by atoms with Crippen molar-refractivity contribution in [2.45, 2.75) is 18.6 Å². The average molecular weight is 256 g/mol. The first-order chi connectivity index (χ1) is 8.90. The standard InChI is InChI=1S/C13H24N2O3/c1(2-14-4-6-16-7-5-14)3-15(8-12-10-17-12)9-13-11-18-13/h12-13H,1-11H2. The lowest BCUT2D eigenvalue weighted by Gasteiger charge is -2.28. The molecule has 0 aromatic heterocycles. The van der Waals surface area contributed by atoms with Crippen molar-refractivity contribution in [3.63, 3.8) is 0 Å². The van der Waals surface area contributed by atoms with Gasteiger partial charge in [0.05, 0.1) is 38.6 Å². The third-order valence-corrected chi connectivity index (χ3v) is 3.78. The largest absolute Gasteiger partial charge is 0.379 e. The van der Waals surface area contributed by atoms with Crippen LogP contribution in [-0.2, 0) is 14.2 Å². The van der Waals surface area contributed by atoms with E-state index in [2.05, 4.69) is 9.80 Å². The number of morpholine rings is 1. The van der Waals surface area contributed by atoms with Gasteiger partial charge in [-0.25, -0.2) is 0 Å². The highest BCUT2D eigenvalue weighted by molar-refractivity contribution is 4.80. The topological polar surface area (TPSA) is 40.8 Å². The maximum absolute atomic E-state index is 5.36. The van der Waals surface area contributed by atoms with Gasteiger partial charge in [-0.1, -0.05) is 0 Å². The zero-order chi connectivity index (χ0) is 12.2. The number of ether oxygens (including phenoxy) is 3. The first-order valence-corrected chi connectivity index (χ1v) is 7.16. The third kappa shape index (κ3) is 4.48. The second-order valence-electron chi connectivity index (χ2n) is 5.48. The summed E-state index contributed by atoms with van der Waals surface area (Å²) in [5, 5.41) is 0. The minimum Gasteiger partial charge on any atom is -0.379 e. The van der Waals surface area contributed by atoms with Gasteiger partial charge in [-0.3, -0.25) is 9.80 Å². The van der Waals surface area contributed by atoms with Gasteiger partial charge in [0.15, 0.2) is 0 Å². The zero-order valence-electron chi connectivity index (χ0n) is 11.1. The van der Waals surface area contributed by atoms with Crippen LogP contribution in [-0.4, -0.2) is 87.7 Å². The fourth-order valence-corrected chi connectivity index (χ4v) is 2.52. The van der Waals surface area contributed by atoms with E-state index in [0.717, 1.165) is 59.2 Å². The van der Waals surface area contributed by atoms with E-state index < -0.39 is 0 Å². The van der Waals surface area contributed by atoms with Crippen LogP contribution in [0.2, 0.25) is 0 Å². The molecule has 3 saturated heterocycles. The minimum atomic E-state index is 0.493. The Hall–Kier alpha value is -0.200. The van der Waals surface area contributed by atoms with E-state index in [1.54, 1.807) is 0 Å². The lowest BCUT2D eigenvalue weighted by molar-refractivity contribution is 0.0359. The lowest BCUT2D eigenvalue weighted by atomic mass is 10.3. The van der Waals surface area contributed by atoms with Crippen LogP contribution in [0.25, 0.3) is 0 Å². The fourth-order valence-electron chi connectivity index (χ4n) is 2.52. The molecule has 5 nitrogen and oxygen atoms in total. The van der Waals surface area contributed by atoms with Crippen molar-refractivity contribution in [3.05, 3.63) is 0 Å². The molecule has 18 heavy (non-hydrogen) atoms. The molecule has 2 unspecified atom stereocenters. The van der Waals surface area contributed by atoms with E-state index in [1.807, 2.05) is 0 Å². The van der Waals surface area contributed by atoms with Crippen molar-refractivity contribution < 1.29 is 14.2 Å². The smallest absolute Gasteiger partial charge is 0.0936 e. The van der Waals surface area contributed by atoms with Crippen LogP contribution in [0.1, 0.15) is 6.42 Å². The quantitative estimate of drug-likeness (QED) is 0.563. The summed E-state index contributed by atoms with van der Waals surface area (Å²) in [6, 6.07) is 0. The van der Waals surface area contributed by atoms with Crippen LogP contribution in [0.15, 0.2) is 0 Å². The Labute approximate surface area is 109 Å². The summed E-state index contributed by atoms with van der Waals surface area (Å²) in [6.45, 7) is 10.4. The highest BCUT2D eigenvalue weighted by Gasteiger charge is 2.30. The van der Waals surface area contributed by atoms with Gasteiger partial charge in [-0.05, 0) is 19.5 Å². The van der Waals surface area contributed by atoms with Crippen LogP contribution in [0.3, 0.4) is 0 Å². The molecule has 3 rings (SSSR count). The zero-order valence-corrected chi connectivity index (χ0v) is 11.1. The summed E-state index contributed by atoms with van der Waals surface area (Å²) in [5.74, 6) is 0. The normalized spacial score (nSPS) is 31.8. The maximum atomic E-state index is 5.36. The van der Waals surface area contributed by atoms with Crippen LogP contribution in [0.4, 0.5) is 0 Å². The van der Waals surface area contributed by atoms with Gasteiger partial charge in [0.25, 0.3) is 0 Å². The Kier molecular flexibility index (Phi) is 4.49. The van der Waals surface area contributed by atoms with Crippen molar-refractivity contribution in [2.24, 2.45) is 0 Å². The Balaban J connectivity index is 1.32. The van der Waals surface area contributed by atoms with Gasteiger partial charge in [0.2, 0.25) is 0 Å². The number of rotatable bonds is 8.